The van der Waals surface area contributed by atoms with Gasteiger partial charge < -0.3 is 10.1 Å². The lowest BCUT2D eigenvalue weighted by atomic mass is 10.4. The van der Waals surface area contributed by atoms with Gasteiger partial charge >= 0.3 is 0 Å². The Labute approximate surface area is 80.6 Å². The van der Waals surface area contributed by atoms with Crippen molar-refractivity contribution in [3.63, 3.8) is 0 Å². The van der Waals surface area contributed by atoms with Crippen LogP contribution in [0.15, 0.2) is 0 Å². The highest BCUT2D eigenvalue weighted by Gasteiger charge is 2.12. The van der Waals surface area contributed by atoms with Gasteiger partial charge in [0, 0.05) is 18.9 Å². The second-order valence-electron chi connectivity index (χ2n) is 3.15. The highest BCUT2D eigenvalue weighted by atomic mass is 32.2. The van der Waals surface area contributed by atoms with Crippen LogP contribution in [0.25, 0.3) is 0 Å². The van der Waals surface area contributed by atoms with Crippen LogP contribution in [0, 0.1) is 0 Å². The van der Waals surface area contributed by atoms with Gasteiger partial charge in [-0.2, -0.15) is 0 Å². The summed E-state index contributed by atoms with van der Waals surface area (Å²) in [7, 11) is -1.17. The van der Waals surface area contributed by atoms with Crippen LogP contribution >= 0.6 is 0 Å². The lowest BCUT2D eigenvalue weighted by Gasteiger charge is -2.14. The molecule has 0 aliphatic rings. The average Bonchev–Trinajstić information content (AvgIpc) is 2.01. The molecule has 4 nitrogen and oxygen atoms in total. The second kappa shape index (κ2) is 6.34. The maximum Gasteiger partial charge on any atom is 0.149 e. The summed E-state index contributed by atoms with van der Waals surface area (Å²) in [5.74, 6) is 0.132. The number of sulfone groups is 1. The summed E-state index contributed by atoms with van der Waals surface area (Å²) in [6, 6.07) is -0.0958. The first-order valence-electron chi connectivity index (χ1n) is 4.42. The lowest BCUT2D eigenvalue weighted by molar-refractivity contribution is 0.119. The maximum absolute atomic E-state index is 10.9. The molecule has 0 radical (unpaired) electrons. The van der Waals surface area contributed by atoms with Crippen molar-refractivity contribution in [1.82, 2.24) is 5.32 Å². The zero-order valence-corrected chi connectivity index (χ0v) is 9.36. The monoisotopic (exact) mass is 209 g/mol. The molecule has 0 aromatic heterocycles. The molecule has 0 aromatic rings. The summed E-state index contributed by atoms with van der Waals surface area (Å²) in [5.41, 5.74) is 0. The van der Waals surface area contributed by atoms with Crippen molar-refractivity contribution in [2.75, 3.05) is 32.3 Å². The van der Waals surface area contributed by atoms with Crippen molar-refractivity contribution in [3.05, 3.63) is 0 Å². The first-order valence-corrected chi connectivity index (χ1v) is 6.48. The van der Waals surface area contributed by atoms with Crippen molar-refractivity contribution in [2.24, 2.45) is 0 Å². The molecule has 0 aliphatic carbocycles. The van der Waals surface area contributed by atoms with Gasteiger partial charge in [0.1, 0.15) is 9.84 Å². The standard InChI is InChI=1S/C8H19NO3S/c1-4-5-12-6-8(9-2)7-13(3,10)11/h8-9H,4-7H2,1-3H3. The Morgan fingerprint density at radius 1 is 1.46 bits per heavy atom. The lowest BCUT2D eigenvalue weighted by Crippen LogP contribution is -2.36. The minimum Gasteiger partial charge on any atom is -0.380 e. The van der Waals surface area contributed by atoms with Gasteiger partial charge in [-0.15, -0.1) is 0 Å². The van der Waals surface area contributed by atoms with Gasteiger partial charge in [0.25, 0.3) is 0 Å². The Morgan fingerprint density at radius 2 is 2.08 bits per heavy atom. The Bertz CT molecular complexity index is 213. The van der Waals surface area contributed by atoms with E-state index in [9.17, 15) is 8.42 Å². The molecule has 1 unspecified atom stereocenters. The Balaban J connectivity index is 3.77. The van der Waals surface area contributed by atoms with E-state index in [0.29, 0.717) is 13.2 Å². The Hall–Kier alpha value is -0.130. The zero-order valence-electron chi connectivity index (χ0n) is 8.54. The molecule has 0 saturated heterocycles. The predicted molar refractivity (Wildman–Crippen MR) is 53.7 cm³/mol. The van der Waals surface area contributed by atoms with E-state index >= 15 is 0 Å². The number of likely N-dealkylation sites (N-methyl/N-ethyl adjacent to an activating group) is 1. The largest absolute Gasteiger partial charge is 0.380 e. The summed E-state index contributed by atoms with van der Waals surface area (Å²) in [6.45, 7) is 3.16. The summed E-state index contributed by atoms with van der Waals surface area (Å²) in [5, 5.41) is 2.91. The van der Waals surface area contributed by atoms with Crippen LogP contribution in [-0.2, 0) is 14.6 Å². The van der Waals surface area contributed by atoms with Crippen molar-refractivity contribution in [1.29, 1.82) is 0 Å². The zero-order chi connectivity index (χ0) is 10.3. The molecule has 0 aromatic carbocycles. The molecule has 0 heterocycles. The second-order valence-corrected chi connectivity index (χ2v) is 5.34. The van der Waals surface area contributed by atoms with Gasteiger partial charge in [-0.05, 0) is 13.5 Å². The van der Waals surface area contributed by atoms with Crippen LogP contribution in [0.1, 0.15) is 13.3 Å². The first kappa shape index (κ1) is 12.9. The van der Waals surface area contributed by atoms with Crippen LogP contribution < -0.4 is 5.32 Å². The molecule has 0 bridgehead atoms. The third-order valence-electron chi connectivity index (χ3n) is 1.58. The number of hydrogen-bond acceptors (Lipinski definition) is 4. The minimum atomic E-state index is -2.92. The molecule has 0 aliphatic heterocycles. The summed E-state index contributed by atoms with van der Waals surface area (Å²) < 4.78 is 27.1. The van der Waals surface area contributed by atoms with E-state index in [1.54, 1.807) is 7.05 Å². The number of hydrogen-bond donors (Lipinski definition) is 1. The van der Waals surface area contributed by atoms with Crippen molar-refractivity contribution in [2.45, 2.75) is 19.4 Å². The Morgan fingerprint density at radius 3 is 2.46 bits per heavy atom. The SMILES string of the molecule is CCCOCC(CS(C)(=O)=O)NC. The van der Waals surface area contributed by atoms with Crippen molar-refractivity contribution >= 4 is 9.84 Å². The van der Waals surface area contributed by atoms with E-state index in [1.807, 2.05) is 6.92 Å². The topological polar surface area (TPSA) is 55.4 Å². The van der Waals surface area contributed by atoms with E-state index in [0.717, 1.165) is 6.42 Å². The van der Waals surface area contributed by atoms with Crippen LogP contribution in [0.2, 0.25) is 0 Å². The molecular weight excluding hydrogens is 190 g/mol. The highest BCUT2D eigenvalue weighted by molar-refractivity contribution is 7.90. The van der Waals surface area contributed by atoms with Gasteiger partial charge in [-0.3, -0.25) is 0 Å². The molecule has 0 spiro atoms. The van der Waals surface area contributed by atoms with Gasteiger partial charge in [-0.1, -0.05) is 6.92 Å². The molecule has 80 valence electrons. The van der Waals surface area contributed by atoms with Crippen LogP contribution in [-0.4, -0.2) is 46.7 Å². The molecule has 0 fully saturated rings. The summed E-state index contributed by atoms with van der Waals surface area (Å²) >= 11 is 0. The van der Waals surface area contributed by atoms with Crippen molar-refractivity contribution < 1.29 is 13.2 Å². The third-order valence-corrected chi connectivity index (χ3v) is 2.59. The quantitative estimate of drug-likeness (QED) is 0.602. The average molecular weight is 209 g/mol. The Kier molecular flexibility index (Phi) is 6.28. The fraction of sp³-hybridized carbons (Fsp3) is 1.00. The van der Waals surface area contributed by atoms with Crippen molar-refractivity contribution in [3.8, 4) is 0 Å². The summed E-state index contributed by atoms with van der Waals surface area (Å²) in [4.78, 5) is 0. The summed E-state index contributed by atoms with van der Waals surface area (Å²) in [6.07, 6.45) is 2.19. The first-order chi connectivity index (χ1) is 5.99. The molecule has 1 atom stereocenters. The molecule has 1 N–H and O–H groups in total. The maximum atomic E-state index is 10.9. The van der Waals surface area contributed by atoms with Gasteiger partial charge in [0.05, 0.1) is 12.4 Å². The fourth-order valence-electron chi connectivity index (χ4n) is 0.950. The molecule has 13 heavy (non-hydrogen) atoms. The predicted octanol–water partition coefficient (Wildman–Crippen LogP) is 0.0456. The smallest absolute Gasteiger partial charge is 0.149 e. The van der Waals surface area contributed by atoms with E-state index in [2.05, 4.69) is 5.32 Å². The van der Waals surface area contributed by atoms with E-state index in [1.165, 1.54) is 6.26 Å². The number of ether oxygens (including phenoxy) is 1. The molecular formula is C8H19NO3S. The van der Waals surface area contributed by atoms with Crippen LogP contribution in [0.3, 0.4) is 0 Å². The molecule has 0 amide bonds. The van der Waals surface area contributed by atoms with E-state index < -0.39 is 9.84 Å². The number of nitrogens with one attached hydrogen (secondary N) is 1. The molecule has 0 rings (SSSR count). The number of rotatable bonds is 7. The molecule has 0 saturated carbocycles. The van der Waals surface area contributed by atoms with E-state index in [-0.39, 0.29) is 11.8 Å². The third kappa shape index (κ3) is 8.21. The van der Waals surface area contributed by atoms with Crippen LogP contribution in [0.5, 0.6) is 0 Å². The van der Waals surface area contributed by atoms with Gasteiger partial charge in [-0.25, -0.2) is 8.42 Å². The minimum absolute atomic E-state index is 0.0958. The fourth-order valence-corrected chi connectivity index (χ4v) is 1.94. The van der Waals surface area contributed by atoms with Gasteiger partial charge in [0.2, 0.25) is 0 Å². The normalized spacial score (nSPS) is 14.4. The highest BCUT2D eigenvalue weighted by Crippen LogP contribution is 1.93. The van der Waals surface area contributed by atoms with Crippen LogP contribution in [0.4, 0.5) is 0 Å². The van der Waals surface area contributed by atoms with Gasteiger partial charge in [0.15, 0.2) is 0 Å². The van der Waals surface area contributed by atoms with E-state index in [4.69, 9.17) is 4.74 Å². The molecule has 5 heteroatoms.